The predicted octanol–water partition coefficient (Wildman–Crippen LogP) is 8.53. The highest BCUT2D eigenvalue weighted by Gasteiger charge is 2.32. The summed E-state index contributed by atoms with van der Waals surface area (Å²) >= 11 is 0. The van der Waals surface area contributed by atoms with E-state index in [-0.39, 0.29) is 11.9 Å². The lowest BCUT2D eigenvalue weighted by atomic mass is 9.93. The number of carbonyl (C=O) groups is 1. The molecule has 5 nitrogen and oxygen atoms in total. The van der Waals surface area contributed by atoms with Gasteiger partial charge in [-0.1, -0.05) is 60.7 Å². The Hall–Kier alpha value is -4.64. The summed E-state index contributed by atoms with van der Waals surface area (Å²) in [6, 6.07) is 31.8. The largest absolute Gasteiger partial charge is 0.494 e. The van der Waals surface area contributed by atoms with Crippen molar-refractivity contribution in [2.75, 3.05) is 19.8 Å². The molecule has 2 aliphatic rings. The van der Waals surface area contributed by atoms with Crippen LogP contribution in [0.15, 0.2) is 96.0 Å². The summed E-state index contributed by atoms with van der Waals surface area (Å²) in [6.07, 6.45) is 5.70. The van der Waals surface area contributed by atoms with Gasteiger partial charge in [-0.3, -0.25) is 9.79 Å². The Morgan fingerprint density at radius 2 is 1.55 bits per heavy atom. The van der Waals surface area contributed by atoms with Crippen molar-refractivity contribution in [3.63, 3.8) is 0 Å². The molecule has 0 N–H and O–H groups in total. The Kier molecular flexibility index (Phi) is 7.08. The van der Waals surface area contributed by atoms with Crippen LogP contribution in [0.2, 0.25) is 0 Å². The quantitative estimate of drug-likeness (QED) is 0.143. The van der Waals surface area contributed by atoms with Crippen molar-refractivity contribution >= 4 is 39.4 Å². The van der Waals surface area contributed by atoms with Gasteiger partial charge in [0, 0.05) is 18.8 Å². The van der Waals surface area contributed by atoms with Gasteiger partial charge in [-0.05, 0) is 95.1 Å². The van der Waals surface area contributed by atoms with Crippen LogP contribution in [0.25, 0.3) is 32.7 Å². The number of aliphatic imine (C=N–C) groups is 1. The molecule has 0 aromatic heterocycles. The zero-order chi connectivity index (χ0) is 28.5. The number of carbonyl (C=O) groups excluding carboxylic acids is 1. The van der Waals surface area contributed by atoms with Crippen LogP contribution in [0.3, 0.4) is 0 Å². The first-order chi connectivity index (χ1) is 20.7. The fourth-order valence-electron chi connectivity index (χ4n) is 6.23. The van der Waals surface area contributed by atoms with Gasteiger partial charge >= 0.3 is 0 Å². The Labute approximate surface area is 246 Å². The first-order valence-corrected chi connectivity index (χ1v) is 14.9. The molecular formula is C37H34N2O3. The van der Waals surface area contributed by atoms with Crippen molar-refractivity contribution in [3.05, 3.63) is 102 Å². The first kappa shape index (κ1) is 26.3. The second-order valence-corrected chi connectivity index (χ2v) is 11.2. The van der Waals surface area contributed by atoms with Crippen LogP contribution in [-0.2, 0) is 0 Å². The van der Waals surface area contributed by atoms with E-state index in [9.17, 15) is 4.79 Å². The molecule has 0 aliphatic carbocycles. The zero-order valence-corrected chi connectivity index (χ0v) is 23.9. The molecule has 5 heteroatoms. The number of nitrogens with zero attached hydrogens (tertiary/aromatic N) is 2. The van der Waals surface area contributed by atoms with E-state index >= 15 is 0 Å². The summed E-state index contributed by atoms with van der Waals surface area (Å²) in [5, 5.41) is 5.06. The summed E-state index contributed by atoms with van der Waals surface area (Å²) in [7, 11) is 0. The second kappa shape index (κ2) is 11.3. The Balaban J connectivity index is 0.945. The van der Waals surface area contributed by atoms with Crippen molar-refractivity contribution in [1.82, 2.24) is 4.90 Å². The lowest BCUT2D eigenvalue weighted by Crippen LogP contribution is -2.35. The number of benzene rings is 5. The predicted molar refractivity (Wildman–Crippen MR) is 171 cm³/mol. The van der Waals surface area contributed by atoms with Gasteiger partial charge in [-0.2, -0.15) is 0 Å². The van der Waals surface area contributed by atoms with E-state index in [1.165, 1.54) is 32.7 Å². The fraction of sp³-hybridized carbons (Fsp3) is 0.243. The van der Waals surface area contributed by atoms with E-state index in [4.69, 9.17) is 9.47 Å². The molecule has 1 amide bonds. The molecule has 1 saturated heterocycles. The van der Waals surface area contributed by atoms with E-state index < -0.39 is 0 Å². The van der Waals surface area contributed by atoms with E-state index in [2.05, 4.69) is 83.9 Å². The first-order valence-electron chi connectivity index (χ1n) is 14.9. The number of hydrogen-bond donors (Lipinski definition) is 0. The lowest BCUT2D eigenvalue weighted by Gasteiger charge is -2.20. The summed E-state index contributed by atoms with van der Waals surface area (Å²) in [4.78, 5) is 19.6. The molecule has 2 heterocycles. The fourth-order valence-corrected chi connectivity index (χ4v) is 6.23. The van der Waals surface area contributed by atoms with Gasteiger partial charge in [0.1, 0.15) is 11.5 Å². The highest BCUT2D eigenvalue weighted by molar-refractivity contribution is 6.13. The number of ether oxygens (including phenoxy) is 2. The standard InChI is InChI=1S/C37H34N2O3/c1-25-21-34-35(38-24-28-10-8-18-39(28)37(34)40)23-36(25)42-20-7-6-19-41-29-16-14-26(15-17-29)33-22-27-9-2-3-11-30(27)31-12-4-5-13-32(31)33/h2-5,9,11-17,21-24,28H,6-8,10,18-20H2,1H3/t28-/m0/s1. The third kappa shape index (κ3) is 5.00. The zero-order valence-electron chi connectivity index (χ0n) is 23.9. The third-order valence-corrected chi connectivity index (χ3v) is 8.47. The molecule has 1 fully saturated rings. The minimum Gasteiger partial charge on any atom is -0.494 e. The van der Waals surface area contributed by atoms with Crippen LogP contribution in [0.5, 0.6) is 11.5 Å². The van der Waals surface area contributed by atoms with E-state index in [0.717, 1.165) is 49.3 Å². The smallest absolute Gasteiger partial charge is 0.256 e. The molecule has 0 saturated carbocycles. The van der Waals surface area contributed by atoms with Crippen molar-refractivity contribution in [2.24, 2.45) is 4.99 Å². The number of unbranched alkanes of at least 4 members (excludes halogenated alkanes) is 1. The van der Waals surface area contributed by atoms with Crippen LogP contribution < -0.4 is 9.47 Å². The molecule has 0 bridgehead atoms. The van der Waals surface area contributed by atoms with Crippen molar-refractivity contribution in [3.8, 4) is 22.6 Å². The molecule has 0 spiro atoms. The SMILES string of the molecule is Cc1cc2c(cc1OCCCCOc1ccc(-c3cc4ccccc4c4ccccc34)cc1)N=C[C@@H]1CCCN1C2=O. The summed E-state index contributed by atoms with van der Waals surface area (Å²) < 4.78 is 12.2. The monoisotopic (exact) mass is 554 g/mol. The molecule has 42 heavy (non-hydrogen) atoms. The summed E-state index contributed by atoms with van der Waals surface area (Å²) in [5.74, 6) is 1.74. The van der Waals surface area contributed by atoms with E-state index in [0.29, 0.717) is 24.5 Å². The van der Waals surface area contributed by atoms with Crippen molar-refractivity contribution < 1.29 is 14.3 Å². The maximum atomic E-state index is 13.0. The highest BCUT2D eigenvalue weighted by atomic mass is 16.5. The molecule has 0 unspecified atom stereocenters. The molecule has 1 atom stereocenters. The van der Waals surface area contributed by atoms with Gasteiger partial charge in [0.05, 0.1) is 30.5 Å². The number of fused-ring (bicyclic) bond motifs is 5. The van der Waals surface area contributed by atoms with Gasteiger partial charge in [0.2, 0.25) is 0 Å². The molecule has 0 radical (unpaired) electrons. The molecule has 5 aromatic carbocycles. The molecule has 2 aliphatic heterocycles. The Bertz CT molecular complexity index is 1810. The molecule has 5 aromatic rings. The average molecular weight is 555 g/mol. The van der Waals surface area contributed by atoms with Gasteiger partial charge < -0.3 is 14.4 Å². The van der Waals surface area contributed by atoms with Crippen molar-refractivity contribution in [1.29, 1.82) is 0 Å². The number of rotatable bonds is 8. The Morgan fingerprint density at radius 3 is 2.38 bits per heavy atom. The molecule has 7 rings (SSSR count). The maximum Gasteiger partial charge on any atom is 0.256 e. The number of aryl methyl sites for hydroxylation is 1. The van der Waals surface area contributed by atoms with Gasteiger partial charge in [0.25, 0.3) is 5.91 Å². The normalized spacial score (nSPS) is 16.0. The van der Waals surface area contributed by atoms with E-state index in [1.54, 1.807) is 0 Å². The van der Waals surface area contributed by atoms with Crippen LogP contribution in [-0.4, -0.2) is 42.8 Å². The maximum absolute atomic E-state index is 13.0. The van der Waals surface area contributed by atoms with Crippen LogP contribution in [0.4, 0.5) is 5.69 Å². The third-order valence-electron chi connectivity index (χ3n) is 8.47. The average Bonchev–Trinajstić information content (AvgIpc) is 3.46. The van der Waals surface area contributed by atoms with E-state index in [1.807, 2.05) is 30.2 Å². The number of hydrogen-bond acceptors (Lipinski definition) is 4. The molecular weight excluding hydrogens is 520 g/mol. The van der Waals surface area contributed by atoms with Crippen LogP contribution in [0, 0.1) is 6.92 Å². The second-order valence-electron chi connectivity index (χ2n) is 11.2. The van der Waals surface area contributed by atoms with Gasteiger partial charge in [-0.15, -0.1) is 0 Å². The van der Waals surface area contributed by atoms with Crippen LogP contribution >= 0.6 is 0 Å². The number of amides is 1. The van der Waals surface area contributed by atoms with Gasteiger partial charge in [-0.25, -0.2) is 0 Å². The lowest BCUT2D eigenvalue weighted by molar-refractivity contribution is 0.0774. The van der Waals surface area contributed by atoms with Crippen LogP contribution in [0.1, 0.15) is 41.6 Å². The topological polar surface area (TPSA) is 51.1 Å². The Morgan fingerprint density at radius 1 is 0.810 bits per heavy atom. The minimum absolute atomic E-state index is 0.0791. The summed E-state index contributed by atoms with van der Waals surface area (Å²) in [6.45, 7) is 4.01. The highest BCUT2D eigenvalue weighted by Crippen LogP contribution is 2.36. The molecule has 210 valence electrons. The van der Waals surface area contributed by atoms with Gasteiger partial charge in [0.15, 0.2) is 0 Å². The minimum atomic E-state index is 0.0791. The summed E-state index contributed by atoms with van der Waals surface area (Å²) in [5.41, 5.74) is 4.76. The van der Waals surface area contributed by atoms with Crippen molar-refractivity contribution in [2.45, 2.75) is 38.6 Å².